The van der Waals surface area contributed by atoms with Crippen LogP contribution in [-0.4, -0.2) is 52.8 Å². The summed E-state index contributed by atoms with van der Waals surface area (Å²) in [5.41, 5.74) is 0.431. The minimum Gasteiger partial charge on any atom is -0.339 e. The lowest BCUT2D eigenvalue weighted by molar-refractivity contribution is -0.130. The summed E-state index contributed by atoms with van der Waals surface area (Å²) < 4.78 is 0.649. The molecular weight excluding hydrogens is 298 g/mol. The van der Waals surface area contributed by atoms with Crippen molar-refractivity contribution in [3.8, 4) is 0 Å². The number of amides is 2. The number of nitrogens with zero attached hydrogens (tertiary/aromatic N) is 3. The summed E-state index contributed by atoms with van der Waals surface area (Å²) in [6.45, 7) is 3.86. The molecule has 0 saturated carbocycles. The SMILES string of the molecule is CC(=O)N1CCN(C(=O)c2cccc(Br)n2)CC1. The first-order valence-electron chi connectivity index (χ1n) is 5.75. The first-order chi connectivity index (χ1) is 8.58. The lowest BCUT2D eigenvalue weighted by Crippen LogP contribution is -2.50. The van der Waals surface area contributed by atoms with E-state index >= 15 is 0 Å². The molecule has 18 heavy (non-hydrogen) atoms. The summed E-state index contributed by atoms with van der Waals surface area (Å²) in [4.78, 5) is 31.0. The van der Waals surface area contributed by atoms with Crippen LogP contribution >= 0.6 is 15.9 Å². The van der Waals surface area contributed by atoms with Crippen molar-refractivity contribution in [2.45, 2.75) is 6.92 Å². The molecule has 0 aliphatic carbocycles. The summed E-state index contributed by atoms with van der Waals surface area (Å²) in [6, 6.07) is 5.27. The molecule has 0 N–H and O–H groups in total. The van der Waals surface area contributed by atoms with Gasteiger partial charge < -0.3 is 9.80 Å². The Morgan fingerprint density at radius 2 is 1.78 bits per heavy atom. The van der Waals surface area contributed by atoms with Crippen LogP contribution in [0.3, 0.4) is 0 Å². The van der Waals surface area contributed by atoms with E-state index in [0.717, 1.165) is 0 Å². The second-order valence-electron chi connectivity index (χ2n) is 4.14. The molecule has 1 aromatic rings. The van der Waals surface area contributed by atoms with Gasteiger partial charge in [-0.05, 0) is 28.1 Å². The van der Waals surface area contributed by atoms with Gasteiger partial charge in [0.25, 0.3) is 5.91 Å². The van der Waals surface area contributed by atoms with Crippen LogP contribution in [0.25, 0.3) is 0 Å². The molecule has 0 atom stereocenters. The standard InChI is InChI=1S/C12H14BrN3O2/c1-9(17)15-5-7-16(8-6-15)12(18)10-3-2-4-11(13)14-10/h2-4H,5-8H2,1H3. The molecule has 0 aromatic carbocycles. The highest BCUT2D eigenvalue weighted by atomic mass is 79.9. The van der Waals surface area contributed by atoms with E-state index in [0.29, 0.717) is 36.5 Å². The van der Waals surface area contributed by atoms with Crippen molar-refractivity contribution < 1.29 is 9.59 Å². The van der Waals surface area contributed by atoms with Gasteiger partial charge in [0.05, 0.1) is 0 Å². The van der Waals surface area contributed by atoms with E-state index in [1.807, 2.05) is 0 Å². The van der Waals surface area contributed by atoms with E-state index in [-0.39, 0.29) is 11.8 Å². The molecule has 1 aromatic heterocycles. The van der Waals surface area contributed by atoms with Gasteiger partial charge in [-0.25, -0.2) is 4.98 Å². The normalized spacial score (nSPS) is 15.7. The van der Waals surface area contributed by atoms with Gasteiger partial charge in [0.1, 0.15) is 10.3 Å². The van der Waals surface area contributed by atoms with Gasteiger partial charge in [0.2, 0.25) is 5.91 Å². The Morgan fingerprint density at radius 1 is 1.17 bits per heavy atom. The second-order valence-corrected chi connectivity index (χ2v) is 4.96. The van der Waals surface area contributed by atoms with Gasteiger partial charge >= 0.3 is 0 Å². The quantitative estimate of drug-likeness (QED) is 0.731. The number of hydrogen-bond donors (Lipinski definition) is 0. The zero-order valence-corrected chi connectivity index (χ0v) is 11.7. The Balaban J connectivity index is 2.02. The molecule has 0 radical (unpaired) electrons. The minimum atomic E-state index is -0.0838. The van der Waals surface area contributed by atoms with E-state index in [2.05, 4.69) is 20.9 Å². The topological polar surface area (TPSA) is 53.5 Å². The van der Waals surface area contributed by atoms with Crippen molar-refractivity contribution in [2.24, 2.45) is 0 Å². The van der Waals surface area contributed by atoms with Crippen molar-refractivity contribution in [2.75, 3.05) is 26.2 Å². The van der Waals surface area contributed by atoms with E-state index in [1.165, 1.54) is 0 Å². The lowest BCUT2D eigenvalue weighted by Gasteiger charge is -2.34. The van der Waals surface area contributed by atoms with Crippen LogP contribution in [0.1, 0.15) is 17.4 Å². The smallest absolute Gasteiger partial charge is 0.272 e. The zero-order chi connectivity index (χ0) is 13.1. The average Bonchev–Trinajstić information content (AvgIpc) is 2.38. The fourth-order valence-electron chi connectivity index (χ4n) is 1.91. The van der Waals surface area contributed by atoms with E-state index in [1.54, 1.807) is 34.9 Å². The summed E-state index contributed by atoms with van der Waals surface area (Å²) in [7, 11) is 0. The van der Waals surface area contributed by atoms with Crippen molar-refractivity contribution in [1.29, 1.82) is 0 Å². The van der Waals surface area contributed by atoms with Crippen LogP contribution in [0.15, 0.2) is 22.8 Å². The van der Waals surface area contributed by atoms with Crippen LogP contribution in [-0.2, 0) is 4.79 Å². The summed E-state index contributed by atoms with van der Waals surface area (Å²) in [5, 5.41) is 0. The molecule has 2 amide bonds. The average molecular weight is 312 g/mol. The number of pyridine rings is 1. The molecule has 0 bridgehead atoms. The predicted octanol–water partition coefficient (Wildman–Crippen LogP) is 1.15. The van der Waals surface area contributed by atoms with Crippen LogP contribution in [0.4, 0.5) is 0 Å². The zero-order valence-electron chi connectivity index (χ0n) is 10.1. The maximum absolute atomic E-state index is 12.2. The Bertz CT molecular complexity index is 470. The Morgan fingerprint density at radius 3 is 2.33 bits per heavy atom. The molecule has 6 heteroatoms. The molecule has 0 spiro atoms. The molecular formula is C12H14BrN3O2. The largest absolute Gasteiger partial charge is 0.339 e. The first kappa shape index (κ1) is 13.0. The summed E-state index contributed by atoms with van der Waals surface area (Å²) >= 11 is 3.25. The monoisotopic (exact) mass is 311 g/mol. The van der Waals surface area contributed by atoms with Crippen LogP contribution in [0, 0.1) is 0 Å². The van der Waals surface area contributed by atoms with Crippen molar-refractivity contribution in [3.05, 3.63) is 28.5 Å². The van der Waals surface area contributed by atoms with E-state index < -0.39 is 0 Å². The molecule has 96 valence electrons. The van der Waals surface area contributed by atoms with Crippen LogP contribution < -0.4 is 0 Å². The van der Waals surface area contributed by atoms with E-state index in [4.69, 9.17) is 0 Å². The molecule has 1 aliphatic rings. The number of rotatable bonds is 1. The number of piperazine rings is 1. The molecule has 5 nitrogen and oxygen atoms in total. The van der Waals surface area contributed by atoms with Crippen molar-refractivity contribution >= 4 is 27.7 Å². The van der Waals surface area contributed by atoms with Gasteiger partial charge in [-0.2, -0.15) is 0 Å². The van der Waals surface area contributed by atoms with Crippen LogP contribution in [0.2, 0.25) is 0 Å². The highest BCUT2D eigenvalue weighted by Crippen LogP contribution is 2.10. The number of hydrogen-bond acceptors (Lipinski definition) is 3. The third kappa shape index (κ3) is 2.87. The second kappa shape index (κ2) is 5.48. The predicted molar refractivity (Wildman–Crippen MR) is 70.1 cm³/mol. The van der Waals surface area contributed by atoms with Gasteiger partial charge in [-0.1, -0.05) is 6.07 Å². The summed E-state index contributed by atoms with van der Waals surface area (Å²) in [6.07, 6.45) is 0. The van der Waals surface area contributed by atoms with Gasteiger partial charge in [-0.15, -0.1) is 0 Å². The lowest BCUT2D eigenvalue weighted by atomic mass is 10.2. The fraction of sp³-hybridized carbons (Fsp3) is 0.417. The third-order valence-electron chi connectivity index (χ3n) is 2.95. The number of aromatic nitrogens is 1. The fourth-order valence-corrected chi connectivity index (χ4v) is 2.26. The first-order valence-corrected chi connectivity index (χ1v) is 6.54. The maximum atomic E-state index is 12.2. The van der Waals surface area contributed by atoms with Gasteiger partial charge in [-0.3, -0.25) is 9.59 Å². The van der Waals surface area contributed by atoms with Crippen molar-refractivity contribution in [3.63, 3.8) is 0 Å². The molecule has 1 aliphatic heterocycles. The Hall–Kier alpha value is -1.43. The molecule has 2 heterocycles. The number of carbonyl (C=O) groups excluding carboxylic acids is 2. The third-order valence-corrected chi connectivity index (χ3v) is 3.39. The van der Waals surface area contributed by atoms with Gasteiger partial charge in [0.15, 0.2) is 0 Å². The maximum Gasteiger partial charge on any atom is 0.272 e. The highest BCUT2D eigenvalue weighted by Gasteiger charge is 2.23. The number of carbonyl (C=O) groups is 2. The van der Waals surface area contributed by atoms with Crippen molar-refractivity contribution in [1.82, 2.24) is 14.8 Å². The van der Waals surface area contributed by atoms with Crippen LogP contribution in [0.5, 0.6) is 0 Å². The highest BCUT2D eigenvalue weighted by molar-refractivity contribution is 9.10. The molecule has 2 rings (SSSR count). The Labute approximate surface area is 114 Å². The Kier molecular flexibility index (Phi) is 3.96. The van der Waals surface area contributed by atoms with E-state index in [9.17, 15) is 9.59 Å². The number of halogens is 1. The van der Waals surface area contributed by atoms with Gasteiger partial charge in [0, 0.05) is 33.1 Å². The minimum absolute atomic E-state index is 0.0580. The summed E-state index contributed by atoms with van der Waals surface area (Å²) in [5.74, 6) is -0.0258. The molecule has 0 unspecified atom stereocenters. The molecule has 1 saturated heterocycles. The molecule has 1 fully saturated rings.